The molecular weight excluding hydrogens is 265 g/mol. The lowest BCUT2D eigenvalue weighted by atomic mass is 9.87. The molecule has 0 spiro atoms. The molecule has 1 aliphatic heterocycles. The smallest absolute Gasteiger partial charge is 0.308 e. The Bertz CT molecular complexity index is 285. The summed E-state index contributed by atoms with van der Waals surface area (Å²) >= 11 is 0. The Labute approximate surface area is 121 Å². The summed E-state index contributed by atoms with van der Waals surface area (Å²) in [5.41, 5.74) is -0.0148. The SMILES string of the molecule is CCC1(CC)CN(CCC(F)(F)F)C(CC(C)C)CN1. The predicted molar refractivity (Wildman–Crippen MR) is 76.8 cm³/mol. The highest BCUT2D eigenvalue weighted by atomic mass is 19.4. The Morgan fingerprint density at radius 3 is 2.30 bits per heavy atom. The highest BCUT2D eigenvalue weighted by molar-refractivity contribution is 4.97. The number of nitrogens with zero attached hydrogens (tertiary/aromatic N) is 1. The zero-order valence-corrected chi connectivity index (χ0v) is 13.2. The molecule has 0 bridgehead atoms. The molecule has 0 radical (unpaired) electrons. The van der Waals surface area contributed by atoms with Crippen LogP contribution in [0.4, 0.5) is 13.2 Å². The van der Waals surface area contributed by atoms with Gasteiger partial charge in [-0.1, -0.05) is 27.7 Å². The zero-order chi connectivity index (χ0) is 15.4. The average molecular weight is 294 g/mol. The summed E-state index contributed by atoms with van der Waals surface area (Å²) in [6.07, 6.45) is -1.89. The molecule has 0 aromatic rings. The lowest BCUT2D eigenvalue weighted by Crippen LogP contribution is -2.64. The van der Waals surface area contributed by atoms with Gasteiger partial charge >= 0.3 is 6.18 Å². The third kappa shape index (κ3) is 5.24. The predicted octanol–water partition coefficient (Wildman–Crippen LogP) is 3.82. The molecule has 1 heterocycles. The summed E-state index contributed by atoms with van der Waals surface area (Å²) in [4.78, 5) is 2.07. The van der Waals surface area contributed by atoms with E-state index in [9.17, 15) is 13.2 Å². The van der Waals surface area contributed by atoms with Gasteiger partial charge in [-0.05, 0) is 25.2 Å². The number of rotatable bonds is 6. The first-order valence-electron chi connectivity index (χ1n) is 7.77. The van der Waals surface area contributed by atoms with Crippen molar-refractivity contribution in [1.29, 1.82) is 0 Å². The highest BCUT2D eigenvalue weighted by Gasteiger charge is 2.38. The van der Waals surface area contributed by atoms with Crippen molar-refractivity contribution >= 4 is 0 Å². The molecule has 1 rings (SSSR count). The molecule has 0 amide bonds. The van der Waals surface area contributed by atoms with Gasteiger partial charge in [0.15, 0.2) is 0 Å². The van der Waals surface area contributed by atoms with Gasteiger partial charge in [0.2, 0.25) is 0 Å². The monoisotopic (exact) mass is 294 g/mol. The molecule has 0 aliphatic carbocycles. The van der Waals surface area contributed by atoms with Crippen molar-refractivity contribution < 1.29 is 13.2 Å². The molecule has 1 unspecified atom stereocenters. The Morgan fingerprint density at radius 1 is 1.25 bits per heavy atom. The van der Waals surface area contributed by atoms with Crippen molar-refractivity contribution in [3.8, 4) is 0 Å². The third-order valence-electron chi connectivity index (χ3n) is 4.51. The molecule has 0 saturated carbocycles. The van der Waals surface area contributed by atoms with Crippen LogP contribution < -0.4 is 5.32 Å². The van der Waals surface area contributed by atoms with Gasteiger partial charge in [-0.25, -0.2) is 0 Å². The Kier molecular flexibility index (Phi) is 6.32. The molecule has 1 aliphatic rings. The van der Waals surface area contributed by atoms with Crippen LogP contribution in [0.25, 0.3) is 0 Å². The molecule has 1 saturated heterocycles. The minimum atomic E-state index is -4.06. The summed E-state index contributed by atoms with van der Waals surface area (Å²) in [6, 6.07) is 0.226. The first-order chi connectivity index (χ1) is 9.21. The van der Waals surface area contributed by atoms with Gasteiger partial charge in [-0.15, -0.1) is 0 Å². The summed E-state index contributed by atoms with van der Waals surface area (Å²) < 4.78 is 37.5. The molecule has 2 nitrogen and oxygen atoms in total. The van der Waals surface area contributed by atoms with E-state index >= 15 is 0 Å². The molecule has 1 N–H and O–H groups in total. The van der Waals surface area contributed by atoms with E-state index in [4.69, 9.17) is 0 Å². The van der Waals surface area contributed by atoms with Crippen molar-refractivity contribution in [2.24, 2.45) is 5.92 Å². The average Bonchev–Trinajstić information content (AvgIpc) is 2.36. The standard InChI is InChI=1S/C15H29F3N2/c1-5-14(6-2)11-20(8-7-15(16,17)18)13(10-19-14)9-12(3)4/h12-13,19H,5-11H2,1-4H3. The van der Waals surface area contributed by atoms with E-state index < -0.39 is 12.6 Å². The molecule has 5 heteroatoms. The number of hydrogen-bond acceptors (Lipinski definition) is 2. The van der Waals surface area contributed by atoms with Crippen molar-refractivity contribution in [1.82, 2.24) is 10.2 Å². The van der Waals surface area contributed by atoms with Gasteiger partial charge in [0, 0.05) is 31.2 Å². The molecule has 20 heavy (non-hydrogen) atoms. The number of piperazine rings is 1. The quantitative estimate of drug-likeness (QED) is 0.801. The first kappa shape index (κ1) is 17.8. The van der Waals surface area contributed by atoms with Crippen LogP contribution in [0, 0.1) is 5.92 Å². The number of nitrogens with one attached hydrogen (secondary N) is 1. The number of hydrogen-bond donors (Lipinski definition) is 1. The maximum atomic E-state index is 12.5. The van der Waals surface area contributed by atoms with Crippen LogP contribution in [0.5, 0.6) is 0 Å². The molecule has 1 atom stereocenters. The zero-order valence-electron chi connectivity index (χ0n) is 13.2. The van der Waals surface area contributed by atoms with Gasteiger partial charge in [0.25, 0.3) is 0 Å². The fourth-order valence-corrected chi connectivity index (χ4v) is 3.07. The normalized spacial score (nSPS) is 24.3. The lowest BCUT2D eigenvalue weighted by Gasteiger charge is -2.48. The summed E-state index contributed by atoms with van der Waals surface area (Å²) in [6.45, 7) is 10.1. The minimum absolute atomic E-state index is 0.0148. The maximum absolute atomic E-state index is 12.5. The van der Waals surface area contributed by atoms with E-state index in [1.165, 1.54) is 0 Å². The number of alkyl halides is 3. The maximum Gasteiger partial charge on any atom is 0.390 e. The van der Waals surface area contributed by atoms with Crippen molar-refractivity contribution in [2.45, 2.75) is 71.1 Å². The fraction of sp³-hybridized carbons (Fsp3) is 1.00. The van der Waals surface area contributed by atoms with Gasteiger partial charge in [-0.3, -0.25) is 4.90 Å². The fourth-order valence-electron chi connectivity index (χ4n) is 3.07. The number of halogens is 3. The second kappa shape index (κ2) is 7.12. The van der Waals surface area contributed by atoms with Crippen molar-refractivity contribution in [3.63, 3.8) is 0 Å². The van der Waals surface area contributed by atoms with E-state index in [-0.39, 0.29) is 18.1 Å². The van der Waals surface area contributed by atoms with Gasteiger partial charge < -0.3 is 5.32 Å². The molecule has 0 aromatic heterocycles. The van der Waals surface area contributed by atoms with Crippen LogP contribution >= 0.6 is 0 Å². The Morgan fingerprint density at radius 2 is 1.85 bits per heavy atom. The third-order valence-corrected chi connectivity index (χ3v) is 4.51. The topological polar surface area (TPSA) is 15.3 Å². The molecule has 1 fully saturated rings. The Hall–Kier alpha value is -0.290. The first-order valence-corrected chi connectivity index (χ1v) is 7.77. The summed E-state index contributed by atoms with van der Waals surface area (Å²) in [5, 5.41) is 3.59. The Balaban J connectivity index is 2.72. The summed E-state index contributed by atoms with van der Waals surface area (Å²) in [5.74, 6) is 0.505. The van der Waals surface area contributed by atoms with Crippen LogP contribution in [0.1, 0.15) is 53.4 Å². The van der Waals surface area contributed by atoms with Crippen LogP contribution in [0.2, 0.25) is 0 Å². The molecular formula is C15H29F3N2. The van der Waals surface area contributed by atoms with E-state index in [0.29, 0.717) is 5.92 Å². The van der Waals surface area contributed by atoms with E-state index in [1.807, 2.05) is 0 Å². The van der Waals surface area contributed by atoms with Gasteiger partial charge in [0.1, 0.15) is 0 Å². The van der Waals surface area contributed by atoms with Crippen LogP contribution in [0.15, 0.2) is 0 Å². The van der Waals surface area contributed by atoms with Crippen molar-refractivity contribution in [3.05, 3.63) is 0 Å². The van der Waals surface area contributed by atoms with E-state index in [1.54, 1.807) is 0 Å². The second-order valence-electron chi connectivity index (χ2n) is 6.49. The highest BCUT2D eigenvalue weighted by Crippen LogP contribution is 2.27. The van der Waals surface area contributed by atoms with Gasteiger partial charge in [-0.2, -0.15) is 13.2 Å². The van der Waals surface area contributed by atoms with Crippen LogP contribution in [-0.2, 0) is 0 Å². The largest absolute Gasteiger partial charge is 0.390 e. The second-order valence-corrected chi connectivity index (χ2v) is 6.49. The summed E-state index contributed by atoms with van der Waals surface area (Å²) in [7, 11) is 0. The minimum Gasteiger partial charge on any atom is -0.308 e. The lowest BCUT2D eigenvalue weighted by molar-refractivity contribution is -0.141. The van der Waals surface area contributed by atoms with Crippen molar-refractivity contribution in [2.75, 3.05) is 19.6 Å². The molecule has 0 aromatic carbocycles. The van der Waals surface area contributed by atoms with E-state index in [2.05, 4.69) is 37.9 Å². The van der Waals surface area contributed by atoms with Gasteiger partial charge in [0.05, 0.1) is 6.42 Å². The van der Waals surface area contributed by atoms with Crippen LogP contribution in [0.3, 0.4) is 0 Å². The molecule has 120 valence electrons. The van der Waals surface area contributed by atoms with Crippen LogP contribution in [-0.4, -0.2) is 42.3 Å². The van der Waals surface area contributed by atoms with E-state index in [0.717, 1.165) is 32.4 Å².